The summed E-state index contributed by atoms with van der Waals surface area (Å²) in [6.45, 7) is 6.19. The molecule has 0 bridgehead atoms. The number of hydrogen-bond donors (Lipinski definition) is 1. The molecule has 1 aromatic carbocycles. The van der Waals surface area contributed by atoms with Gasteiger partial charge in [0.25, 0.3) is 0 Å². The van der Waals surface area contributed by atoms with Gasteiger partial charge in [-0.05, 0) is 51.0 Å². The Morgan fingerprint density at radius 3 is 2.30 bits per heavy atom. The maximum Gasteiger partial charge on any atom is 0.323 e. The Labute approximate surface area is 118 Å². The molecule has 1 N–H and O–H groups in total. The van der Waals surface area contributed by atoms with Gasteiger partial charge in [-0.1, -0.05) is 0 Å². The van der Waals surface area contributed by atoms with Crippen molar-refractivity contribution in [1.82, 2.24) is 4.72 Å². The van der Waals surface area contributed by atoms with E-state index >= 15 is 0 Å². The van der Waals surface area contributed by atoms with Crippen molar-refractivity contribution in [3.63, 3.8) is 0 Å². The fourth-order valence-electron chi connectivity index (χ4n) is 1.93. The molecule has 0 aromatic heterocycles. The highest BCUT2D eigenvalue weighted by molar-refractivity contribution is 7.89. The van der Waals surface area contributed by atoms with E-state index in [-0.39, 0.29) is 22.6 Å². The van der Waals surface area contributed by atoms with Crippen LogP contribution in [0.25, 0.3) is 0 Å². The molecule has 5 nitrogen and oxygen atoms in total. The van der Waals surface area contributed by atoms with Crippen LogP contribution in [0, 0.1) is 19.7 Å². The van der Waals surface area contributed by atoms with E-state index in [0.29, 0.717) is 0 Å². The third-order valence-corrected chi connectivity index (χ3v) is 4.51. The van der Waals surface area contributed by atoms with Crippen LogP contribution in [0.3, 0.4) is 0 Å². The molecule has 0 saturated carbocycles. The van der Waals surface area contributed by atoms with Gasteiger partial charge in [-0.25, -0.2) is 12.8 Å². The second-order valence-corrected chi connectivity index (χ2v) is 6.11. The van der Waals surface area contributed by atoms with Crippen molar-refractivity contribution < 1.29 is 22.3 Å². The van der Waals surface area contributed by atoms with E-state index < -0.39 is 27.9 Å². The SMILES string of the molecule is CCOC(=O)C(C)NS(=O)(=O)c1c(C)cc(F)cc1C. The summed E-state index contributed by atoms with van der Waals surface area (Å²) in [6, 6.07) is 1.26. The average molecular weight is 303 g/mol. The van der Waals surface area contributed by atoms with Gasteiger partial charge in [-0.2, -0.15) is 4.72 Å². The van der Waals surface area contributed by atoms with Crippen LogP contribution < -0.4 is 4.72 Å². The second kappa shape index (κ2) is 6.32. The second-order valence-electron chi connectivity index (χ2n) is 4.46. The minimum Gasteiger partial charge on any atom is -0.465 e. The lowest BCUT2D eigenvalue weighted by Crippen LogP contribution is -2.40. The number of benzene rings is 1. The van der Waals surface area contributed by atoms with E-state index in [9.17, 15) is 17.6 Å². The number of nitrogens with one attached hydrogen (secondary N) is 1. The van der Waals surface area contributed by atoms with E-state index in [1.54, 1.807) is 6.92 Å². The van der Waals surface area contributed by atoms with Crippen molar-refractivity contribution in [3.8, 4) is 0 Å². The summed E-state index contributed by atoms with van der Waals surface area (Å²) in [7, 11) is -3.92. The van der Waals surface area contributed by atoms with Gasteiger partial charge in [0.1, 0.15) is 11.9 Å². The number of carbonyl (C=O) groups excluding carboxylic acids is 1. The molecular weight excluding hydrogens is 285 g/mol. The molecular formula is C13H18FNO4S. The van der Waals surface area contributed by atoms with Crippen LogP contribution in [-0.2, 0) is 19.6 Å². The van der Waals surface area contributed by atoms with Gasteiger partial charge < -0.3 is 4.74 Å². The summed E-state index contributed by atoms with van der Waals surface area (Å²) >= 11 is 0. The number of esters is 1. The molecule has 0 heterocycles. The molecule has 20 heavy (non-hydrogen) atoms. The normalized spacial score (nSPS) is 13.1. The van der Waals surface area contributed by atoms with Gasteiger partial charge in [0.05, 0.1) is 11.5 Å². The molecule has 1 aromatic rings. The summed E-state index contributed by atoms with van der Waals surface area (Å²) in [5.41, 5.74) is 0.567. The van der Waals surface area contributed by atoms with Gasteiger partial charge in [-0.15, -0.1) is 0 Å². The third-order valence-electron chi connectivity index (χ3n) is 2.67. The molecule has 0 radical (unpaired) electrons. The lowest BCUT2D eigenvalue weighted by atomic mass is 10.1. The van der Waals surface area contributed by atoms with Gasteiger partial charge in [0.15, 0.2) is 0 Å². The molecule has 1 unspecified atom stereocenters. The van der Waals surface area contributed by atoms with Crippen LogP contribution in [0.5, 0.6) is 0 Å². The third kappa shape index (κ3) is 3.77. The minimum atomic E-state index is -3.92. The highest BCUT2D eigenvalue weighted by atomic mass is 32.2. The first-order valence-electron chi connectivity index (χ1n) is 6.14. The summed E-state index contributed by atoms with van der Waals surface area (Å²) in [5.74, 6) is -1.16. The first-order valence-corrected chi connectivity index (χ1v) is 7.63. The predicted molar refractivity (Wildman–Crippen MR) is 72.3 cm³/mol. The summed E-state index contributed by atoms with van der Waals surface area (Å²) in [6.07, 6.45) is 0. The number of hydrogen-bond acceptors (Lipinski definition) is 4. The Morgan fingerprint density at radius 2 is 1.85 bits per heavy atom. The molecule has 0 aliphatic carbocycles. The highest BCUT2D eigenvalue weighted by Gasteiger charge is 2.26. The molecule has 112 valence electrons. The van der Waals surface area contributed by atoms with Gasteiger partial charge >= 0.3 is 5.97 Å². The van der Waals surface area contributed by atoms with E-state index in [1.807, 2.05) is 0 Å². The van der Waals surface area contributed by atoms with E-state index in [0.717, 1.165) is 12.1 Å². The van der Waals surface area contributed by atoms with Crippen molar-refractivity contribution in [2.45, 2.75) is 38.6 Å². The Balaban J connectivity index is 3.10. The fraction of sp³-hybridized carbons (Fsp3) is 0.462. The molecule has 7 heteroatoms. The number of aryl methyl sites for hydroxylation is 2. The zero-order valence-electron chi connectivity index (χ0n) is 11.9. The van der Waals surface area contributed by atoms with Gasteiger partial charge in [-0.3, -0.25) is 4.79 Å². The number of halogens is 1. The molecule has 0 amide bonds. The van der Waals surface area contributed by atoms with Crippen LogP contribution in [0.2, 0.25) is 0 Å². The summed E-state index contributed by atoms with van der Waals surface area (Å²) in [5, 5.41) is 0. The smallest absolute Gasteiger partial charge is 0.323 e. The van der Waals surface area contributed by atoms with Crippen molar-refractivity contribution in [2.24, 2.45) is 0 Å². The first-order chi connectivity index (χ1) is 9.19. The van der Waals surface area contributed by atoms with Crippen LogP contribution in [0.15, 0.2) is 17.0 Å². The van der Waals surface area contributed by atoms with Crippen LogP contribution >= 0.6 is 0 Å². The zero-order valence-corrected chi connectivity index (χ0v) is 12.7. The van der Waals surface area contributed by atoms with E-state index in [1.165, 1.54) is 20.8 Å². The van der Waals surface area contributed by atoms with Crippen LogP contribution in [-0.4, -0.2) is 27.0 Å². The Bertz CT molecular complexity index is 590. The molecule has 0 fully saturated rings. The molecule has 0 aliphatic rings. The molecule has 0 saturated heterocycles. The quantitative estimate of drug-likeness (QED) is 0.840. The molecule has 0 spiro atoms. The van der Waals surface area contributed by atoms with Crippen LogP contribution in [0.4, 0.5) is 4.39 Å². The summed E-state index contributed by atoms with van der Waals surface area (Å²) < 4.78 is 44.7. The minimum absolute atomic E-state index is 0.0185. The topological polar surface area (TPSA) is 72.5 Å². The molecule has 1 atom stereocenters. The monoisotopic (exact) mass is 303 g/mol. The highest BCUT2D eigenvalue weighted by Crippen LogP contribution is 2.21. The van der Waals surface area contributed by atoms with Crippen molar-refractivity contribution in [3.05, 3.63) is 29.1 Å². The van der Waals surface area contributed by atoms with Gasteiger partial charge in [0, 0.05) is 0 Å². The molecule has 0 aliphatic heterocycles. The van der Waals surface area contributed by atoms with Gasteiger partial charge in [0.2, 0.25) is 10.0 Å². The standard InChI is InChI=1S/C13H18FNO4S/c1-5-19-13(16)10(4)15-20(17,18)12-8(2)6-11(14)7-9(12)3/h6-7,10,15H,5H2,1-4H3. The number of sulfonamides is 1. The predicted octanol–water partition coefficient (Wildman–Crippen LogP) is 1.67. The Hall–Kier alpha value is -1.47. The summed E-state index contributed by atoms with van der Waals surface area (Å²) in [4.78, 5) is 11.4. The molecule has 1 rings (SSSR count). The zero-order chi connectivity index (χ0) is 15.5. The van der Waals surface area contributed by atoms with Crippen molar-refractivity contribution in [2.75, 3.05) is 6.61 Å². The largest absolute Gasteiger partial charge is 0.465 e. The van der Waals surface area contributed by atoms with E-state index in [4.69, 9.17) is 4.74 Å². The number of ether oxygens (including phenoxy) is 1. The Morgan fingerprint density at radius 1 is 1.35 bits per heavy atom. The van der Waals surface area contributed by atoms with Crippen molar-refractivity contribution >= 4 is 16.0 Å². The number of carbonyl (C=O) groups is 1. The maximum absolute atomic E-state index is 13.2. The van der Waals surface area contributed by atoms with Crippen molar-refractivity contribution in [1.29, 1.82) is 0 Å². The fourth-order valence-corrected chi connectivity index (χ4v) is 3.57. The lowest BCUT2D eigenvalue weighted by molar-refractivity contribution is -0.144. The maximum atomic E-state index is 13.2. The number of rotatable bonds is 5. The lowest BCUT2D eigenvalue weighted by Gasteiger charge is -2.16. The first kappa shape index (κ1) is 16.6. The van der Waals surface area contributed by atoms with Crippen LogP contribution in [0.1, 0.15) is 25.0 Å². The average Bonchev–Trinajstić information content (AvgIpc) is 2.26. The Kier molecular flexibility index (Phi) is 5.24. The van der Waals surface area contributed by atoms with E-state index in [2.05, 4.69) is 4.72 Å².